The van der Waals surface area contributed by atoms with Gasteiger partial charge in [-0.1, -0.05) is 18.2 Å². The Morgan fingerprint density at radius 2 is 2.08 bits per heavy atom. The van der Waals surface area contributed by atoms with E-state index < -0.39 is 0 Å². The number of hydrogen-bond acceptors (Lipinski definition) is 5. The van der Waals surface area contributed by atoms with E-state index in [1.165, 1.54) is 6.21 Å². The Balaban J connectivity index is 1.87. The second-order valence-corrected chi connectivity index (χ2v) is 5.14. The van der Waals surface area contributed by atoms with Gasteiger partial charge in [-0.2, -0.15) is 5.10 Å². The molecule has 1 amide bonds. The highest BCUT2D eigenvalue weighted by atomic mass is 16.5. The predicted octanol–water partition coefficient (Wildman–Crippen LogP) is 2.66. The SMILES string of the molecule is CCOc1cccc(C=NNC(=O)CNc2cccc(C)c2)c1O. The third kappa shape index (κ3) is 5.01. The third-order valence-corrected chi connectivity index (χ3v) is 3.19. The first-order valence-electron chi connectivity index (χ1n) is 7.67. The van der Waals surface area contributed by atoms with E-state index in [2.05, 4.69) is 15.8 Å². The summed E-state index contributed by atoms with van der Waals surface area (Å²) in [7, 11) is 0. The average molecular weight is 327 g/mol. The fourth-order valence-corrected chi connectivity index (χ4v) is 2.07. The van der Waals surface area contributed by atoms with Crippen LogP contribution in [0.3, 0.4) is 0 Å². The zero-order valence-electron chi connectivity index (χ0n) is 13.7. The fraction of sp³-hybridized carbons (Fsp3) is 0.222. The number of phenolic OH excluding ortho intramolecular Hbond substituents is 1. The number of ether oxygens (including phenoxy) is 1. The minimum Gasteiger partial charge on any atom is -0.504 e. The zero-order chi connectivity index (χ0) is 17.4. The number of rotatable bonds is 7. The molecule has 0 saturated carbocycles. The summed E-state index contributed by atoms with van der Waals surface area (Å²) >= 11 is 0. The lowest BCUT2D eigenvalue weighted by molar-refractivity contribution is -0.119. The van der Waals surface area contributed by atoms with Crippen molar-refractivity contribution >= 4 is 17.8 Å². The van der Waals surface area contributed by atoms with Gasteiger partial charge < -0.3 is 15.2 Å². The number of carbonyl (C=O) groups excluding carboxylic acids is 1. The molecule has 0 heterocycles. The Morgan fingerprint density at radius 1 is 1.29 bits per heavy atom. The van der Waals surface area contributed by atoms with E-state index in [-0.39, 0.29) is 18.2 Å². The van der Waals surface area contributed by atoms with Gasteiger partial charge in [0.1, 0.15) is 0 Å². The molecule has 24 heavy (non-hydrogen) atoms. The van der Waals surface area contributed by atoms with E-state index in [1.807, 2.05) is 38.1 Å². The highest BCUT2D eigenvalue weighted by Crippen LogP contribution is 2.28. The van der Waals surface area contributed by atoms with Gasteiger partial charge in [0, 0.05) is 11.3 Å². The number of para-hydroxylation sites is 1. The number of hydrazone groups is 1. The molecule has 0 aliphatic heterocycles. The summed E-state index contributed by atoms with van der Waals surface area (Å²) in [5.41, 5.74) is 4.86. The Hall–Kier alpha value is -3.02. The predicted molar refractivity (Wildman–Crippen MR) is 94.7 cm³/mol. The summed E-state index contributed by atoms with van der Waals surface area (Å²) in [5.74, 6) is 0.0948. The summed E-state index contributed by atoms with van der Waals surface area (Å²) in [6.07, 6.45) is 1.38. The lowest BCUT2D eigenvalue weighted by Gasteiger charge is -2.07. The largest absolute Gasteiger partial charge is 0.504 e. The van der Waals surface area contributed by atoms with Gasteiger partial charge in [0.05, 0.1) is 19.4 Å². The molecule has 6 heteroatoms. The monoisotopic (exact) mass is 327 g/mol. The van der Waals surface area contributed by atoms with Crippen molar-refractivity contribution in [2.24, 2.45) is 5.10 Å². The average Bonchev–Trinajstić information content (AvgIpc) is 2.56. The number of phenols is 1. The molecule has 0 unspecified atom stereocenters. The molecule has 0 aliphatic carbocycles. The molecule has 0 saturated heterocycles. The minimum absolute atomic E-state index is 0.00441. The number of anilines is 1. The molecule has 0 atom stereocenters. The molecule has 0 fully saturated rings. The quantitative estimate of drug-likeness (QED) is 0.539. The van der Waals surface area contributed by atoms with Crippen LogP contribution in [0.4, 0.5) is 5.69 Å². The highest BCUT2D eigenvalue weighted by molar-refractivity contribution is 5.87. The Kier molecular flexibility index (Phi) is 6.19. The first kappa shape index (κ1) is 17.3. The summed E-state index contributed by atoms with van der Waals surface area (Å²) in [6, 6.07) is 12.8. The maximum Gasteiger partial charge on any atom is 0.259 e. The summed E-state index contributed by atoms with van der Waals surface area (Å²) in [5, 5.41) is 16.9. The highest BCUT2D eigenvalue weighted by Gasteiger charge is 2.06. The maximum atomic E-state index is 11.8. The van der Waals surface area contributed by atoms with Crippen LogP contribution in [0.1, 0.15) is 18.1 Å². The van der Waals surface area contributed by atoms with Crippen LogP contribution in [0.2, 0.25) is 0 Å². The normalized spacial score (nSPS) is 10.6. The summed E-state index contributed by atoms with van der Waals surface area (Å²) in [6.45, 7) is 4.38. The van der Waals surface area contributed by atoms with Crippen LogP contribution >= 0.6 is 0 Å². The Bertz CT molecular complexity index is 729. The number of carbonyl (C=O) groups is 1. The van der Waals surface area contributed by atoms with Crippen molar-refractivity contribution < 1.29 is 14.6 Å². The van der Waals surface area contributed by atoms with Gasteiger partial charge in [0.15, 0.2) is 11.5 Å². The number of benzene rings is 2. The van der Waals surface area contributed by atoms with Crippen molar-refractivity contribution in [3.8, 4) is 11.5 Å². The Morgan fingerprint density at radius 3 is 2.83 bits per heavy atom. The third-order valence-electron chi connectivity index (χ3n) is 3.19. The van der Waals surface area contributed by atoms with Crippen LogP contribution in [-0.4, -0.2) is 30.4 Å². The molecule has 2 rings (SSSR count). The molecule has 2 aromatic carbocycles. The molecule has 0 spiro atoms. The fourth-order valence-electron chi connectivity index (χ4n) is 2.07. The minimum atomic E-state index is -0.284. The summed E-state index contributed by atoms with van der Waals surface area (Å²) < 4.78 is 5.29. The molecule has 0 aliphatic rings. The van der Waals surface area contributed by atoms with Crippen LogP contribution in [-0.2, 0) is 4.79 Å². The van der Waals surface area contributed by atoms with Crippen LogP contribution < -0.4 is 15.5 Å². The van der Waals surface area contributed by atoms with E-state index in [1.54, 1.807) is 18.2 Å². The van der Waals surface area contributed by atoms with Crippen molar-refractivity contribution in [2.45, 2.75) is 13.8 Å². The van der Waals surface area contributed by atoms with Gasteiger partial charge in [-0.05, 0) is 43.7 Å². The van der Waals surface area contributed by atoms with Crippen LogP contribution in [0.15, 0.2) is 47.6 Å². The lowest BCUT2D eigenvalue weighted by Crippen LogP contribution is -2.25. The van der Waals surface area contributed by atoms with E-state index in [4.69, 9.17) is 4.74 Å². The van der Waals surface area contributed by atoms with Gasteiger partial charge in [0.25, 0.3) is 5.91 Å². The zero-order valence-corrected chi connectivity index (χ0v) is 13.7. The van der Waals surface area contributed by atoms with Crippen molar-refractivity contribution in [1.29, 1.82) is 0 Å². The number of nitrogens with zero attached hydrogens (tertiary/aromatic N) is 1. The molecule has 126 valence electrons. The van der Waals surface area contributed by atoms with Crippen LogP contribution in [0.5, 0.6) is 11.5 Å². The number of amides is 1. The molecule has 0 aromatic heterocycles. The van der Waals surface area contributed by atoms with E-state index in [0.29, 0.717) is 17.9 Å². The molecule has 3 N–H and O–H groups in total. The maximum absolute atomic E-state index is 11.8. The second kappa shape index (κ2) is 8.57. The summed E-state index contributed by atoms with van der Waals surface area (Å²) in [4.78, 5) is 11.8. The van der Waals surface area contributed by atoms with Gasteiger partial charge in [-0.25, -0.2) is 5.43 Å². The van der Waals surface area contributed by atoms with E-state index in [0.717, 1.165) is 11.3 Å². The van der Waals surface area contributed by atoms with Gasteiger partial charge in [0.2, 0.25) is 0 Å². The molecule has 0 radical (unpaired) electrons. The number of hydrogen-bond donors (Lipinski definition) is 3. The first-order valence-corrected chi connectivity index (χ1v) is 7.67. The Labute approximate surface area is 141 Å². The molecule has 2 aromatic rings. The molecule has 0 bridgehead atoms. The molecular weight excluding hydrogens is 306 g/mol. The number of aryl methyl sites for hydroxylation is 1. The van der Waals surface area contributed by atoms with Gasteiger partial charge in [-0.3, -0.25) is 4.79 Å². The molecule has 6 nitrogen and oxygen atoms in total. The second-order valence-electron chi connectivity index (χ2n) is 5.14. The lowest BCUT2D eigenvalue weighted by atomic mass is 10.2. The van der Waals surface area contributed by atoms with E-state index in [9.17, 15) is 9.90 Å². The van der Waals surface area contributed by atoms with Crippen LogP contribution in [0, 0.1) is 6.92 Å². The van der Waals surface area contributed by atoms with Crippen LogP contribution in [0.25, 0.3) is 0 Å². The van der Waals surface area contributed by atoms with Crippen molar-refractivity contribution in [1.82, 2.24) is 5.43 Å². The number of aromatic hydroxyl groups is 1. The van der Waals surface area contributed by atoms with E-state index >= 15 is 0 Å². The van der Waals surface area contributed by atoms with Crippen molar-refractivity contribution in [2.75, 3.05) is 18.5 Å². The smallest absolute Gasteiger partial charge is 0.259 e. The topological polar surface area (TPSA) is 83.0 Å². The van der Waals surface area contributed by atoms with Gasteiger partial charge >= 0.3 is 0 Å². The number of nitrogens with one attached hydrogen (secondary N) is 2. The standard InChI is InChI=1S/C18H21N3O3/c1-3-24-16-9-5-7-14(18(16)23)11-20-21-17(22)12-19-15-8-4-6-13(2)10-15/h4-11,19,23H,3,12H2,1-2H3,(H,21,22). The van der Waals surface area contributed by atoms with Crippen molar-refractivity contribution in [3.63, 3.8) is 0 Å². The molecular formula is C18H21N3O3. The van der Waals surface area contributed by atoms with Crippen molar-refractivity contribution in [3.05, 3.63) is 53.6 Å². The first-order chi connectivity index (χ1) is 11.6. The van der Waals surface area contributed by atoms with Gasteiger partial charge in [-0.15, -0.1) is 0 Å².